The lowest BCUT2D eigenvalue weighted by Crippen LogP contribution is -2.58. The summed E-state index contributed by atoms with van der Waals surface area (Å²) >= 11 is 0. The van der Waals surface area contributed by atoms with Gasteiger partial charge in [0.1, 0.15) is 23.6 Å². The SMILES string of the molecule is COc1cc(OC2CCNCC2)ccc1CC(=O)NC(=O)C1CN(c2ccccc2C)CCN1.Cl.Cl. The van der Waals surface area contributed by atoms with Crippen molar-refractivity contribution >= 4 is 42.3 Å². The molecule has 0 saturated carbocycles. The van der Waals surface area contributed by atoms with E-state index in [1.165, 1.54) is 5.56 Å². The zero-order valence-electron chi connectivity index (χ0n) is 20.7. The molecule has 36 heavy (non-hydrogen) atoms. The van der Waals surface area contributed by atoms with Crippen molar-refractivity contribution in [3.05, 3.63) is 53.6 Å². The number of anilines is 1. The van der Waals surface area contributed by atoms with Gasteiger partial charge in [-0.3, -0.25) is 14.9 Å². The Bertz CT molecular complexity index is 1020. The van der Waals surface area contributed by atoms with Gasteiger partial charge in [0.15, 0.2) is 0 Å². The van der Waals surface area contributed by atoms with E-state index in [9.17, 15) is 9.59 Å². The fourth-order valence-electron chi connectivity index (χ4n) is 4.55. The van der Waals surface area contributed by atoms with Gasteiger partial charge in [-0.25, -0.2) is 0 Å². The molecule has 8 nitrogen and oxygen atoms in total. The van der Waals surface area contributed by atoms with Crippen molar-refractivity contribution in [3.63, 3.8) is 0 Å². The third-order valence-corrected chi connectivity index (χ3v) is 6.41. The minimum absolute atomic E-state index is 0. The molecule has 1 atom stereocenters. The van der Waals surface area contributed by atoms with E-state index in [0.29, 0.717) is 24.4 Å². The molecule has 198 valence electrons. The van der Waals surface area contributed by atoms with Gasteiger partial charge >= 0.3 is 0 Å². The van der Waals surface area contributed by atoms with Crippen LogP contribution in [0.2, 0.25) is 0 Å². The average Bonchev–Trinajstić information content (AvgIpc) is 2.86. The normalized spacial score (nSPS) is 17.8. The van der Waals surface area contributed by atoms with Crippen LogP contribution in [0, 0.1) is 6.92 Å². The number of hydrogen-bond donors (Lipinski definition) is 3. The summed E-state index contributed by atoms with van der Waals surface area (Å²) in [4.78, 5) is 27.7. The molecule has 2 saturated heterocycles. The summed E-state index contributed by atoms with van der Waals surface area (Å²) in [5.41, 5.74) is 2.99. The Morgan fingerprint density at radius 1 is 1.08 bits per heavy atom. The second-order valence-electron chi connectivity index (χ2n) is 8.87. The highest BCUT2D eigenvalue weighted by Gasteiger charge is 2.27. The number of rotatable bonds is 7. The number of imide groups is 1. The number of nitrogens with zero attached hydrogens (tertiary/aromatic N) is 1. The third kappa shape index (κ3) is 7.74. The van der Waals surface area contributed by atoms with Crippen LogP contribution in [0.5, 0.6) is 11.5 Å². The molecule has 0 radical (unpaired) electrons. The molecule has 0 bridgehead atoms. The number of para-hydroxylation sites is 1. The standard InChI is InChI=1S/C26H34N4O4.2ClH/c1-18-5-3-4-6-23(18)30-14-13-28-22(17-30)26(32)29-25(31)15-19-7-8-21(16-24(19)33-2)34-20-9-11-27-12-10-20;;/h3-8,16,20,22,27-28H,9-15,17H2,1-2H3,(H,29,31,32);2*1H. The van der Waals surface area contributed by atoms with Crippen molar-refractivity contribution in [2.45, 2.75) is 38.3 Å². The van der Waals surface area contributed by atoms with Crippen molar-refractivity contribution < 1.29 is 19.1 Å². The van der Waals surface area contributed by atoms with Gasteiger partial charge in [0, 0.05) is 37.0 Å². The lowest BCUT2D eigenvalue weighted by Gasteiger charge is -2.35. The van der Waals surface area contributed by atoms with Crippen LogP contribution in [0.3, 0.4) is 0 Å². The van der Waals surface area contributed by atoms with E-state index in [1.807, 2.05) is 30.3 Å². The molecule has 4 rings (SSSR count). The monoisotopic (exact) mass is 538 g/mol. The molecule has 10 heteroatoms. The zero-order chi connectivity index (χ0) is 23.9. The summed E-state index contributed by atoms with van der Waals surface area (Å²) in [6, 6.07) is 13.2. The number of hydrogen-bond acceptors (Lipinski definition) is 7. The van der Waals surface area contributed by atoms with Gasteiger partial charge in [0.05, 0.1) is 13.5 Å². The highest BCUT2D eigenvalue weighted by Crippen LogP contribution is 2.27. The lowest BCUT2D eigenvalue weighted by molar-refractivity contribution is -0.131. The van der Waals surface area contributed by atoms with Gasteiger partial charge in [0.25, 0.3) is 0 Å². The summed E-state index contributed by atoms with van der Waals surface area (Å²) < 4.78 is 11.6. The topological polar surface area (TPSA) is 91.9 Å². The van der Waals surface area contributed by atoms with Crippen LogP contribution in [0.1, 0.15) is 24.0 Å². The van der Waals surface area contributed by atoms with Crippen molar-refractivity contribution in [2.75, 3.05) is 44.7 Å². The number of amides is 2. The molecule has 2 fully saturated rings. The first-order valence-electron chi connectivity index (χ1n) is 12.0. The van der Waals surface area contributed by atoms with Crippen LogP contribution in [-0.2, 0) is 16.0 Å². The van der Waals surface area contributed by atoms with E-state index >= 15 is 0 Å². The van der Waals surface area contributed by atoms with Gasteiger partial charge in [-0.15, -0.1) is 24.8 Å². The number of halogens is 2. The van der Waals surface area contributed by atoms with Crippen molar-refractivity contribution in [2.24, 2.45) is 0 Å². The van der Waals surface area contributed by atoms with Crippen molar-refractivity contribution in [3.8, 4) is 11.5 Å². The number of nitrogens with one attached hydrogen (secondary N) is 3. The van der Waals surface area contributed by atoms with Gasteiger partial charge in [0.2, 0.25) is 11.8 Å². The number of ether oxygens (including phenoxy) is 2. The molecule has 2 aliphatic rings. The van der Waals surface area contributed by atoms with Gasteiger partial charge in [-0.1, -0.05) is 24.3 Å². The Labute approximate surface area is 225 Å². The molecule has 2 aromatic rings. The van der Waals surface area contributed by atoms with Crippen molar-refractivity contribution in [1.82, 2.24) is 16.0 Å². The van der Waals surface area contributed by atoms with E-state index in [-0.39, 0.29) is 49.2 Å². The Morgan fingerprint density at radius 3 is 2.56 bits per heavy atom. The first-order valence-corrected chi connectivity index (χ1v) is 12.0. The predicted octanol–water partition coefficient (Wildman–Crippen LogP) is 2.64. The highest BCUT2D eigenvalue weighted by molar-refractivity contribution is 5.99. The summed E-state index contributed by atoms with van der Waals surface area (Å²) in [6.07, 6.45) is 2.16. The molecule has 2 heterocycles. The fourth-order valence-corrected chi connectivity index (χ4v) is 4.55. The molecule has 2 aromatic carbocycles. The van der Waals surface area contributed by atoms with E-state index < -0.39 is 6.04 Å². The number of piperidine rings is 1. The summed E-state index contributed by atoms with van der Waals surface area (Å²) in [6.45, 7) is 5.96. The third-order valence-electron chi connectivity index (χ3n) is 6.41. The maximum absolute atomic E-state index is 12.8. The summed E-state index contributed by atoms with van der Waals surface area (Å²) in [7, 11) is 1.57. The number of aryl methyl sites for hydroxylation is 1. The van der Waals surface area contributed by atoms with E-state index in [4.69, 9.17) is 9.47 Å². The molecule has 3 N–H and O–H groups in total. The van der Waals surface area contributed by atoms with Gasteiger partial charge in [-0.2, -0.15) is 0 Å². The second kappa shape index (κ2) is 14.3. The molecule has 1 unspecified atom stereocenters. The molecule has 2 amide bonds. The predicted molar refractivity (Wildman–Crippen MR) is 146 cm³/mol. The molecular weight excluding hydrogens is 503 g/mol. The minimum atomic E-state index is -0.458. The smallest absolute Gasteiger partial charge is 0.245 e. The lowest BCUT2D eigenvalue weighted by atomic mass is 10.1. The largest absolute Gasteiger partial charge is 0.496 e. The van der Waals surface area contributed by atoms with Crippen molar-refractivity contribution in [1.29, 1.82) is 0 Å². The number of carbonyl (C=O) groups is 2. The Morgan fingerprint density at radius 2 is 1.83 bits per heavy atom. The maximum Gasteiger partial charge on any atom is 0.245 e. The van der Waals surface area contributed by atoms with Crippen LogP contribution in [0.15, 0.2) is 42.5 Å². The average molecular weight is 540 g/mol. The van der Waals surface area contributed by atoms with Crippen LogP contribution < -0.4 is 30.3 Å². The van der Waals surface area contributed by atoms with Gasteiger partial charge < -0.3 is 25.0 Å². The fraction of sp³-hybridized carbons (Fsp3) is 0.462. The number of carbonyl (C=O) groups excluding carboxylic acids is 2. The zero-order valence-corrected chi connectivity index (χ0v) is 22.4. The molecule has 0 aliphatic carbocycles. The Kier molecular flexibility index (Phi) is 11.8. The minimum Gasteiger partial charge on any atom is -0.496 e. The van der Waals surface area contributed by atoms with E-state index in [0.717, 1.165) is 43.9 Å². The summed E-state index contributed by atoms with van der Waals surface area (Å²) in [5.74, 6) is 0.639. The Hall–Kier alpha value is -2.52. The highest BCUT2D eigenvalue weighted by atomic mass is 35.5. The molecule has 0 spiro atoms. The maximum atomic E-state index is 12.8. The van der Waals surface area contributed by atoms with E-state index in [2.05, 4.69) is 39.9 Å². The summed E-state index contributed by atoms with van der Waals surface area (Å²) in [5, 5.41) is 9.10. The molecule has 2 aliphatic heterocycles. The van der Waals surface area contributed by atoms with Gasteiger partial charge in [-0.05, 0) is 50.6 Å². The van der Waals surface area contributed by atoms with E-state index in [1.54, 1.807) is 7.11 Å². The molecular formula is C26H36Cl2N4O4. The first-order chi connectivity index (χ1) is 16.5. The Balaban J connectivity index is 0.00000228. The molecule has 0 aromatic heterocycles. The van der Waals surface area contributed by atoms with Crippen LogP contribution in [-0.4, -0.2) is 63.8 Å². The van der Waals surface area contributed by atoms with Crippen LogP contribution >= 0.6 is 24.8 Å². The second-order valence-corrected chi connectivity index (χ2v) is 8.87. The number of piperazine rings is 1. The number of benzene rings is 2. The van der Waals surface area contributed by atoms with Crippen LogP contribution in [0.25, 0.3) is 0 Å². The van der Waals surface area contributed by atoms with Crippen LogP contribution in [0.4, 0.5) is 5.69 Å². The quantitative estimate of drug-likeness (QED) is 0.499. The number of methoxy groups -OCH3 is 1. The first kappa shape index (κ1) is 29.7.